The maximum Gasteiger partial charge on any atom is 0.237 e. The van der Waals surface area contributed by atoms with Crippen LogP contribution in [0.5, 0.6) is 5.75 Å². The maximum atomic E-state index is 12.7. The maximum absolute atomic E-state index is 12.7. The highest BCUT2D eigenvalue weighted by Gasteiger charge is 2.30. The van der Waals surface area contributed by atoms with Crippen molar-refractivity contribution >= 4 is 5.91 Å². The van der Waals surface area contributed by atoms with Crippen LogP contribution in [0.1, 0.15) is 37.7 Å². The summed E-state index contributed by atoms with van der Waals surface area (Å²) in [6.45, 7) is 2.68. The van der Waals surface area contributed by atoms with Gasteiger partial charge < -0.3 is 10.1 Å². The van der Waals surface area contributed by atoms with E-state index in [9.17, 15) is 4.79 Å². The van der Waals surface area contributed by atoms with Gasteiger partial charge in [-0.25, -0.2) is 0 Å². The van der Waals surface area contributed by atoms with Gasteiger partial charge in [0.1, 0.15) is 5.75 Å². The van der Waals surface area contributed by atoms with E-state index in [-0.39, 0.29) is 11.9 Å². The Morgan fingerprint density at radius 2 is 1.86 bits per heavy atom. The number of hydrogen-bond acceptors (Lipinski definition) is 3. The topological polar surface area (TPSA) is 41.6 Å². The van der Waals surface area contributed by atoms with E-state index >= 15 is 0 Å². The highest BCUT2D eigenvalue weighted by atomic mass is 16.5. The summed E-state index contributed by atoms with van der Waals surface area (Å²) in [5, 5.41) is 3.18. The van der Waals surface area contributed by atoms with Gasteiger partial charge in [-0.05, 0) is 55.3 Å². The first-order valence-corrected chi connectivity index (χ1v) is 10.5. The molecule has 0 spiro atoms. The van der Waals surface area contributed by atoms with Crippen molar-refractivity contribution in [3.05, 3.63) is 54.1 Å². The van der Waals surface area contributed by atoms with E-state index in [0.717, 1.165) is 55.3 Å². The van der Waals surface area contributed by atoms with E-state index in [2.05, 4.69) is 40.5 Å². The van der Waals surface area contributed by atoms with Gasteiger partial charge in [-0.2, -0.15) is 0 Å². The molecule has 1 saturated carbocycles. The smallest absolute Gasteiger partial charge is 0.237 e. The Bertz CT molecular complexity index is 799. The Morgan fingerprint density at radius 1 is 1.07 bits per heavy atom. The summed E-state index contributed by atoms with van der Waals surface area (Å²) in [5.41, 5.74) is 3.51. The van der Waals surface area contributed by atoms with Crippen molar-refractivity contribution in [3.8, 4) is 16.9 Å². The number of para-hydroxylation sites is 1. The monoisotopic (exact) mass is 378 g/mol. The molecule has 1 N–H and O–H groups in total. The van der Waals surface area contributed by atoms with E-state index in [1.165, 1.54) is 24.8 Å². The summed E-state index contributed by atoms with van der Waals surface area (Å²) < 4.78 is 5.48. The van der Waals surface area contributed by atoms with Crippen LogP contribution in [0.4, 0.5) is 0 Å². The summed E-state index contributed by atoms with van der Waals surface area (Å²) in [7, 11) is 1.71. The lowest BCUT2D eigenvalue weighted by molar-refractivity contribution is -0.128. The lowest BCUT2D eigenvalue weighted by atomic mass is 9.99. The lowest BCUT2D eigenvalue weighted by Gasteiger charge is -2.34. The third-order valence-corrected chi connectivity index (χ3v) is 5.94. The predicted molar refractivity (Wildman–Crippen MR) is 112 cm³/mol. The molecule has 2 aromatic rings. The number of piperidine rings is 1. The molecule has 1 aliphatic carbocycles. The number of likely N-dealkylation sites (tertiary alicyclic amines) is 1. The minimum atomic E-state index is 0.0152. The zero-order chi connectivity index (χ0) is 19.3. The fourth-order valence-electron chi connectivity index (χ4n) is 4.07. The minimum Gasteiger partial charge on any atom is -0.496 e. The number of nitrogens with one attached hydrogen (secondary N) is 1. The normalized spacial score (nSPS) is 20.0. The van der Waals surface area contributed by atoms with Gasteiger partial charge in [0.25, 0.3) is 0 Å². The standard InChI is InChI=1S/C24H30N2O2/c1-28-23-8-3-2-6-21(23)20-13-11-19(12-14-20)17-26-15-5-4-7-22(26)24(27)25-16-18-9-10-18/h2-3,6,8,11-14,18,22H,4-5,7,9-10,15-17H2,1H3,(H,25,27). The number of ether oxygens (including phenoxy) is 1. The molecular weight excluding hydrogens is 348 g/mol. The number of nitrogens with zero attached hydrogens (tertiary/aromatic N) is 1. The van der Waals surface area contributed by atoms with E-state index < -0.39 is 0 Å². The molecule has 2 aliphatic rings. The first-order chi connectivity index (χ1) is 13.7. The molecule has 2 fully saturated rings. The van der Waals surface area contributed by atoms with Gasteiger partial charge in [0, 0.05) is 18.7 Å². The number of carbonyl (C=O) groups is 1. The Kier molecular flexibility index (Phi) is 5.96. The highest BCUT2D eigenvalue weighted by Crippen LogP contribution is 2.30. The van der Waals surface area contributed by atoms with Gasteiger partial charge in [-0.15, -0.1) is 0 Å². The van der Waals surface area contributed by atoms with E-state index in [0.29, 0.717) is 0 Å². The van der Waals surface area contributed by atoms with Crippen molar-refractivity contribution in [2.45, 2.75) is 44.7 Å². The van der Waals surface area contributed by atoms with Crippen LogP contribution in [0.25, 0.3) is 11.1 Å². The zero-order valence-electron chi connectivity index (χ0n) is 16.7. The quantitative estimate of drug-likeness (QED) is 0.783. The Balaban J connectivity index is 1.42. The van der Waals surface area contributed by atoms with Gasteiger partial charge >= 0.3 is 0 Å². The average Bonchev–Trinajstić information content (AvgIpc) is 3.57. The Morgan fingerprint density at radius 3 is 2.61 bits per heavy atom. The van der Waals surface area contributed by atoms with E-state index in [1.54, 1.807) is 7.11 Å². The summed E-state index contributed by atoms with van der Waals surface area (Å²) in [5.74, 6) is 1.83. The second kappa shape index (κ2) is 8.78. The average molecular weight is 379 g/mol. The molecule has 4 nitrogen and oxygen atoms in total. The van der Waals surface area contributed by atoms with Crippen LogP contribution in [-0.4, -0.2) is 37.0 Å². The van der Waals surface area contributed by atoms with Gasteiger partial charge in [0.05, 0.1) is 13.2 Å². The number of benzene rings is 2. The summed E-state index contributed by atoms with van der Waals surface area (Å²) in [6, 6.07) is 16.8. The molecule has 0 bridgehead atoms. The van der Waals surface area contributed by atoms with Crippen molar-refractivity contribution in [2.24, 2.45) is 5.92 Å². The van der Waals surface area contributed by atoms with Crippen LogP contribution < -0.4 is 10.1 Å². The Labute approximate surface area is 167 Å². The molecule has 0 aromatic heterocycles. The molecule has 1 amide bonds. The van der Waals surface area contributed by atoms with Gasteiger partial charge in [0.15, 0.2) is 0 Å². The SMILES string of the molecule is COc1ccccc1-c1ccc(CN2CCCCC2C(=O)NCC2CC2)cc1. The first kappa shape index (κ1) is 19.0. The number of rotatable bonds is 7. The van der Waals surface area contributed by atoms with Crippen LogP contribution in [0.3, 0.4) is 0 Å². The number of hydrogen-bond donors (Lipinski definition) is 1. The predicted octanol–water partition coefficient (Wildman–Crippen LogP) is 4.24. The van der Waals surface area contributed by atoms with Crippen molar-refractivity contribution in [1.29, 1.82) is 0 Å². The lowest BCUT2D eigenvalue weighted by Crippen LogP contribution is -2.49. The van der Waals surface area contributed by atoms with Crippen LogP contribution >= 0.6 is 0 Å². The molecule has 1 unspecified atom stereocenters. The van der Waals surface area contributed by atoms with Crippen LogP contribution in [0, 0.1) is 5.92 Å². The highest BCUT2D eigenvalue weighted by molar-refractivity contribution is 5.81. The molecule has 0 radical (unpaired) electrons. The van der Waals surface area contributed by atoms with Crippen LogP contribution in [-0.2, 0) is 11.3 Å². The molecule has 28 heavy (non-hydrogen) atoms. The Hall–Kier alpha value is -2.33. The summed E-state index contributed by atoms with van der Waals surface area (Å²) in [4.78, 5) is 15.0. The van der Waals surface area contributed by atoms with Gasteiger partial charge in [-0.1, -0.05) is 48.9 Å². The number of amides is 1. The largest absolute Gasteiger partial charge is 0.496 e. The molecule has 4 rings (SSSR count). The van der Waals surface area contributed by atoms with Gasteiger partial charge in [0.2, 0.25) is 5.91 Å². The molecular formula is C24H30N2O2. The van der Waals surface area contributed by atoms with E-state index in [1.807, 2.05) is 18.2 Å². The van der Waals surface area contributed by atoms with Crippen molar-refractivity contribution in [1.82, 2.24) is 10.2 Å². The van der Waals surface area contributed by atoms with Crippen molar-refractivity contribution in [2.75, 3.05) is 20.2 Å². The van der Waals surface area contributed by atoms with Crippen molar-refractivity contribution < 1.29 is 9.53 Å². The fourth-order valence-corrected chi connectivity index (χ4v) is 4.07. The summed E-state index contributed by atoms with van der Waals surface area (Å²) in [6.07, 6.45) is 5.83. The second-order valence-corrected chi connectivity index (χ2v) is 8.07. The first-order valence-electron chi connectivity index (χ1n) is 10.5. The fraction of sp³-hybridized carbons (Fsp3) is 0.458. The second-order valence-electron chi connectivity index (χ2n) is 8.07. The molecule has 1 heterocycles. The summed E-state index contributed by atoms with van der Waals surface area (Å²) >= 11 is 0. The van der Waals surface area contributed by atoms with Crippen LogP contribution in [0.15, 0.2) is 48.5 Å². The van der Waals surface area contributed by atoms with Crippen molar-refractivity contribution in [3.63, 3.8) is 0 Å². The minimum absolute atomic E-state index is 0.0152. The molecule has 1 saturated heterocycles. The number of carbonyl (C=O) groups excluding carboxylic acids is 1. The molecule has 4 heteroatoms. The van der Waals surface area contributed by atoms with E-state index in [4.69, 9.17) is 4.74 Å². The molecule has 148 valence electrons. The molecule has 2 aromatic carbocycles. The number of methoxy groups -OCH3 is 1. The zero-order valence-corrected chi connectivity index (χ0v) is 16.7. The third kappa shape index (κ3) is 4.56. The molecule has 1 atom stereocenters. The third-order valence-electron chi connectivity index (χ3n) is 5.94. The van der Waals surface area contributed by atoms with Gasteiger partial charge in [-0.3, -0.25) is 9.69 Å². The molecule has 1 aliphatic heterocycles. The van der Waals surface area contributed by atoms with Crippen LogP contribution in [0.2, 0.25) is 0 Å².